The quantitative estimate of drug-likeness (QED) is 0.912. The van der Waals surface area contributed by atoms with E-state index in [2.05, 4.69) is 15.6 Å². The Morgan fingerprint density at radius 1 is 1.43 bits per heavy atom. The van der Waals surface area contributed by atoms with Crippen LogP contribution in [-0.4, -0.2) is 25.9 Å². The number of hydrogen-bond acceptors (Lipinski definition) is 5. The van der Waals surface area contributed by atoms with E-state index in [-0.39, 0.29) is 5.91 Å². The molecule has 0 saturated carbocycles. The van der Waals surface area contributed by atoms with Crippen molar-refractivity contribution in [3.05, 3.63) is 46.3 Å². The van der Waals surface area contributed by atoms with Gasteiger partial charge in [0.05, 0.1) is 17.0 Å². The molecule has 108 valence electrons. The Balaban J connectivity index is 1.63. The third-order valence-electron chi connectivity index (χ3n) is 3.16. The average molecular weight is 301 g/mol. The summed E-state index contributed by atoms with van der Waals surface area (Å²) in [5.74, 6) is 0.738. The molecule has 0 spiro atoms. The van der Waals surface area contributed by atoms with Gasteiger partial charge in [0.15, 0.2) is 0 Å². The van der Waals surface area contributed by atoms with Crippen molar-refractivity contribution >= 4 is 28.5 Å². The number of benzene rings is 1. The molecule has 6 heteroatoms. The minimum Gasteiger partial charge on any atom is -0.497 e. The first-order valence-corrected chi connectivity index (χ1v) is 7.36. The van der Waals surface area contributed by atoms with Crippen LogP contribution in [-0.2, 0) is 6.54 Å². The smallest absolute Gasteiger partial charge is 0.261 e. The molecule has 1 aliphatic rings. The third kappa shape index (κ3) is 3.05. The molecule has 0 aliphatic carbocycles. The van der Waals surface area contributed by atoms with E-state index in [1.165, 1.54) is 11.3 Å². The van der Waals surface area contributed by atoms with Gasteiger partial charge in [0.2, 0.25) is 0 Å². The maximum atomic E-state index is 12.2. The van der Waals surface area contributed by atoms with Gasteiger partial charge in [-0.1, -0.05) is 12.1 Å². The van der Waals surface area contributed by atoms with Crippen molar-refractivity contribution in [1.29, 1.82) is 0 Å². The summed E-state index contributed by atoms with van der Waals surface area (Å²) in [6.07, 6.45) is 1.79. The number of fused-ring (bicyclic) bond motifs is 1. The molecule has 1 aromatic heterocycles. The van der Waals surface area contributed by atoms with Crippen LogP contribution in [0.5, 0.6) is 5.75 Å². The standard InChI is InChI=1S/C15H15N3O2S/c1-20-12-4-2-10(3-5-12)7-17-14(19)13-6-11-8-16-9-18-15(11)21-13/h2-6,8,18H,7,9H2,1H3,(H,17,19). The van der Waals surface area contributed by atoms with Crippen LogP contribution in [0.2, 0.25) is 0 Å². The van der Waals surface area contributed by atoms with Crippen molar-refractivity contribution in [2.45, 2.75) is 6.54 Å². The predicted molar refractivity (Wildman–Crippen MR) is 84.6 cm³/mol. The van der Waals surface area contributed by atoms with E-state index in [9.17, 15) is 4.79 Å². The zero-order valence-electron chi connectivity index (χ0n) is 11.6. The van der Waals surface area contributed by atoms with Crippen LogP contribution < -0.4 is 15.4 Å². The van der Waals surface area contributed by atoms with Crippen molar-refractivity contribution in [1.82, 2.24) is 5.32 Å². The molecule has 1 aliphatic heterocycles. The predicted octanol–water partition coefficient (Wildman–Crippen LogP) is 2.49. The normalized spacial score (nSPS) is 12.4. The van der Waals surface area contributed by atoms with Gasteiger partial charge in [-0.15, -0.1) is 11.3 Å². The second-order valence-corrected chi connectivity index (χ2v) is 5.62. The van der Waals surface area contributed by atoms with Crippen molar-refractivity contribution in [3.63, 3.8) is 0 Å². The van der Waals surface area contributed by atoms with Crippen LogP contribution in [0.1, 0.15) is 20.8 Å². The molecular formula is C15H15N3O2S. The fourth-order valence-corrected chi connectivity index (χ4v) is 2.96. The van der Waals surface area contributed by atoms with Crippen molar-refractivity contribution in [3.8, 4) is 5.75 Å². The Morgan fingerprint density at radius 2 is 2.24 bits per heavy atom. The summed E-state index contributed by atoms with van der Waals surface area (Å²) >= 11 is 1.45. The molecule has 2 N–H and O–H groups in total. The van der Waals surface area contributed by atoms with Crippen LogP contribution >= 0.6 is 11.3 Å². The summed E-state index contributed by atoms with van der Waals surface area (Å²) in [6.45, 7) is 1.06. The number of thiophene rings is 1. The molecule has 0 fully saturated rings. The number of carbonyl (C=O) groups is 1. The molecule has 0 atom stereocenters. The van der Waals surface area contributed by atoms with E-state index >= 15 is 0 Å². The monoisotopic (exact) mass is 301 g/mol. The SMILES string of the molecule is COc1ccc(CNC(=O)c2cc3c(s2)NCN=C3)cc1. The molecule has 2 aromatic rings. The number of nitrogens with zero attached hydrogens (tertiary/aromatic N) is 1. The number of hydrogen-bond donors (Lipinski definition) is 2. The van der Waals surface area contributed by atoms with Gasteiger partial charge < -0.3 is 15.4 Å². The van der Waals surface area contributed by atoms with Gasteiger partial charge in [-0.2, -0.15) is 0 Å². The number of amides is 1. The van der Waals surface area contributed by atoms with Gasteiger partial charge >= 0.3 is 0 Å². The zero-order valence-corrected chi connectivity index (χ0v) is 12.4. The Kier molecular flexibility index (Phi) is 3.87. The lowest BCUT2D eigenvalue weighted by Crippen LogP contribution is -2.21. The first kappa shape index (κ1) is 13.6. The van der Waals surface area contributed by atoms with Gasteiger partial charge in [-0.25, -0.2) is 0 Å². The van der Waals surface area contributed by atoms with Crippen LogP contribution in [0.4, 0.5) is 5.00 Å². The van der Waals surface area contributed by atoms with Gasteiger partial charge in [0, 0.05) is 18.3 Å². The molecule has 21 heavy (non-hydrogen) atoms. The largest absolute Gasteiger partial charge is 0.497 e. The van der Waals surface area contributed by atoms with Crippen LogP contribution in [0, 0.1) is 0 Å². The van der Waals surface area contributed by atoms with Gasteiger partial charge in [-0.05, 0) is 23.8 Å². The Hall–Kier alpha value is -2.34. The highest BCUT2D eigenvalue weighted by Gasteiger charge is 2.14. The number of aliphatic imine (C=N–C) groups is 1. The molecule has 0 unspecified atom stereocenters. The van der Waals surface area contributed by atoms with E-state index in [0.29, 0.717) is 18.1 Å². The maximum Gasteiger partial charge on any atom is 0.261 e. The second kappa shape index (κ2) is 5.97. The van der Waals surface area contributed by atoms with E-state index < -0.39 is 0 Å². The lowest BCUT2D eigenvalue weighted by Gasteiger charge is -2.05. The van der Waals surface area contributed by atoms with Crippen LogP contribution in [0.3, 0.4) is 0 Å². The Bertz CT molecular complexity index is 677. The van der Waals surface area contributed by atoms with E-state index in [1.807, 2.05) is 30.3 Å². The average Bonchev–Trinajstić information content (AvgIpc) is 2.97. The lowest BCUT2D eigenvalue weighted by atomic mass is 10.2. The molecule has 0 radical (unpaired) electrons. The van der Waals surface area contributed by atoms with Gasteiger partial charge in [0.25, 0.3) is 5.91 Å². The molecule has 0 saturated heterocycles. The van der Waals surface area contributed by atoms with Crippen LogP contribution in [0.15, 0.2) is 35.3 Å². The molecule has 2 heterocycles. The van der Waals surface area contributed by atoms with Crippen molar-refractivity contribution in [2.24, 2.45) is 4.99 Å². The van der Waals surface area contributed by atoms with E-state index in [1.54, 1.807) is 13.3 Å². The molecule has 3 rings (SSSR count). The minimum absolute atomic E-state index is 0.0691. The topological polar surface area (TPSA) is 62.7 Å². The summed E-state index contributed by atoms with van der Waals surface area (Å²) < 4.78 is 5.11. The molecular weight excluding hydrogens is 286 g/mol. The summed E-state index contributed by atoms with van der Waals surface area (Å²) in [5.41, 5.74) is 2.01. The Labute approximate surface area is 126 Å². The highest BCUT2D eigenvalue weighted by molar-refractivity contribution is 7.18. The number of ether oxygens (including phenoxy) is 1. The van der Waals surface area contributed by atoms with E-state index in [4.69, 9.17) is 4.74 Å². The molecule has 5 nitrogen and oxygen atoms in total. The van der Waals surface area contributed by atoms with Crippen molar-refractivity contribution < 1.29 is 9.53 Å². The summed E-state index contributed by atoms with van der Waals surface area (Å²) in [4.78, 5) is 17.0. The lowest BCUT2D eigenvalue weighted by molar-refractivity contribution is 0.0955. The first-order chi connectivity index (χ1) is 10.3. The van der Waals surface area contributed by atoms with Crippen molar-refractivity contribution in [2.75, 3.05) is 19.1 Å². The van der Waals surface area contributed by atoms with Gasteiger partial charge in [0.1, 0.15) is 12.4 Å². The zero-order chi connectivity index (χ0) is 14.7. The van der Waals surface area contributed by atoms with Crippen LogP contribution in [0.25, 0.3) is 0 Å². The second-order valence-electron chi connectivity index (χ2n) is 4.57. The molecule has 1 amide bonds. The van der Waals surface area contributed by atoms with Gasteiger partial charge in [-0.3, -0.25) is 9.79 Å². The summed E-state index contributed by atoms with van der Waals surface area (Å²) in [7, 11) is 1.63. The highest BCUT2D eigenvalue weighted by atomic mass is 32.1. The fraction of sp³-hybridized carbons (Fsp3) is 0.200. The first-order valence-electron chi connectivity index (χ1n) is 6.55. The number of anilines is 1. The summed E-state index contributed by atoms with van der Waals surface area (Å²) in [6, 6.07) is 9.50. The number of rotatable bonds is 4. The highest BCUT2D eigenvalue weighted by Crippen LogP contribution is 2.28. The maximum absolute atomic E-state index is 12.2. The molecule has 0 bridgehead atoms. The number of methoxy groups -OCH3 is 1. The van der Waals surface area contributed by atoms with E-state index in [0.717, 1.165) is 21.9 Å². The Morgan fingerprint density at radius 3 is 2.95 bits per heavy atom. The number of nitrogens with one attached hydrogen (secondary N) is 2. The minimum atomic E-state index is -0.0691. The molecule has 1 aromatic carbocycles. The summed E-state index contributed by atoms with van der Waals surface area (Å²) in [5, 5.41) is 7.07. The fourth-order valence-electron chi connectivity index (χ4n) is 2.03. The number of carbonyl (C=O) groups excluding carboxylic acids is 1. The third-order valence-corrected chi connectivity index (χ3v) is 4.27.